The van der Waals surface area contributed by atoms with Crippen molar-refractivity contribution in [1.82, 2.24) is 0 Å². The molecule has 1 aliphatic rings. The summed E-state index contributed by atoms with van der Waals surface area (Å²) in [6, 6.07) is 15.0. The predicted octanol–water partition coefficient (Wildman–Crippen LogP) is 4.14. The second-order valence-electron chi connectivity index (χ2n) is 5.92. The molecule has 2 aromatic carbocycles. The van der Waals surface area contributed by atoms with Crippen LogP contribution in [0.5, 0.6) is 0 Å². The van der Waals surface area contributed by atoms with Gasteiger partial charge in [-0.05, 0) is 54.3 Å². The first-order valence-corrected chi connectivity index (χ1v) is 8.32. The monoisotopic (exact) mass is 308 g/mol. The smallest absolute Gasteiger partial charge is 0.0642 e. The summed E-state index contributed by atoms with van der Waals surface area (Å²) < 4.78 is 5.42. The second-order valence-corrected chi connectivity index (χ2v) is 5.92. The van der Waals surface area contributed by atoms with E-state index in [4.69, 9.17) is 4.74 Å². The number of ether oxygens (including phenoxy) is 1. The summed E-state index contributed by atoms with van der Waals surface area (Å²) in [6.07, 6.45) is 3.02. The van der Waals surface area contributed by atoms with E-state index in [1.165, 1.54) is 22.4 Å². The highest BCUT2D eigenvalue weighted by Crippen LogP contribution is 2.20. The standard InChI is InChI=1S/C20H24N2O/c1-3-17-4-7-19(8-5-17)21-15-18-6-9-20(14-16(18)2)22-10-12-23-13-11-22/h4-9,14-15H,3,10-13H2,1-2H3. The van der Waals surface area contributed by atoms with Crippen molar-refractivity contribution in [2.75, 3.05) is 31.2 Å². The van der Waals surface area contributed by atoms with Crippen molar-refractivity contribution in [2.45, 2.75) is 20.3 Å². The Morgan fingerprint density at radius 1 is 1.09 bits per heavy atom. The molecule has 1 fully saturated rings. The summed E-state index contributed by atoms with van der Waals surface area (Å²) in [7, 11) is 0. The topological polar surface area (TPSA) is 24.8 Å². The van der Waals surface area contributed by atoms with Crippen LogP contribution in [0, 0.1) is 6.92 Å². The molecule has 0 spiro atoms. The van der Waals surface area contributed by atoms with Gasteiger partial charge in [0, 0.05) is 25.0 Å². The lowest BCUT2D eigenvalue weighted by Gasteiger charge is -2.29. The first-order chi connectivity index (χ1) is 11.3. The summed E-state index contributed by atoms with van der Waals surface area (Å²) in [5.74, 6) is 0. The van der Waals surface area contributed by atoms with E-state index in [1.807, 2.05) is 6.21 Å². The van der Waals surface area contributed by atoms with E-state index in [0.29, 0.717) is 0 Å². The number of anilines is 1. The summed E-state index contributed by atoms with van der Waals surface area (Å²) >= 11 is 0. The normalized spacial score (nSPS) is 15.3. The minimum Gasteiger partial charge on any atom is -0.378 e. The number of aliphatic imine (C=N–C) groups is 1. The zero-order chi connectivity index (χ0) is 16.1. The van der Waals surface area contributed by atoms with Crippen molar-refractivity contribution < 1.29 is 4.74 Å². The Bertz CT molecular complexity index is 671. The maximum Gasteiger partial charge on any atom is 0.0642 e. The third-order valence-electron chi connectivity index (χ3n) is 4.33. The van der Waals surface area contributed by atoms with E-state index in [0.717, 1.165) is 38.4 Å². The van der Waals surface area contributed by atoms with Gasteiger partial charge in [-0.2, -0.15) is 0 Å². The number of rotatable bonds is 4. The molecule has 1 heterocycles. The highest BCUT2D eigenvalue weighted by molar-refractivity contribution is 5.84. The molecule has 120 valence electrons. The molecule has 0 amide bonds. The Morgan fingerprint density at radius 2 is 1.83 bits per heavy atom. The fourth-order valence-electron chi connectivity index (χ4n) is 2.78. The van der Waals surface area contributed by atoms with Crippen molar-refractivity contribution in [1.29, 1.82) is 0 Å². The van der Waals surface area contributed by atoms with Crippen LogP contribution in [0.25, 0.3) is 0 Å². The van der Waals surface area contributed by atoms with Gasteiger partial charge in [0.1, 0.15) is 0 Å². The van der Waals surface area contributed by atoms with E-state index < -0.39 is 0 Å². The van der Waals surface area contributed by atoms with Crippen LogP contribution in [0.1, 0.15) is 23.6 Å². The molecule has 0 radical (unpaired) electrons. The molecule has 0 aliphatic carbocycles. The largest absolute Gasteiger partial charge is 0.378 e. The number of benzene rings is 2. The van der Waals surface area contributed by atoms with Crippen LogP contribution < -0.4 is 4.90 Å². The van der Waals surface area contributed by atoms with Crippen LogP contribution in [0.4, 0.5) is 11.4 Å². The first kappa shape index (κ1) is 15.8. The molecule has 0 N–H and O–H groups in total. The number of aryl methyl sites for hydroxylation is 2. The lowest BCUT2D eigenvalue weighted by atomic mass is 10.1. The Hall–Kier alpha value is -2.13. The number of morpholine rings is 1. The summed E-state index contributed by atoms with van der Waals surface area (Å²) in [4.78, 5) is 6.97. The summed E-state index contributed by atoms with van der Waals surface area (Å²) in [6.45, 7) is 7.88. The van der Waals surface area contributed by atoms with E-state index in [1.54, 1.807) is 0 Å². The molecule has 2 aromatic rings. The number of nitrogens with zero attached hydrogens (tertiary/aromatic N) is 2. The molecular weight excluding hydrogens is 284 g/mol. The average Bonchev–Trinajstić information content (AvgIpc) is 2.62. The van der Waals surface area contributed by atoms with Crippen molar-refractivity contribution in [3.8, 4) is 0 Å². The number of hydrogen-bond acceptors (Lipinski definition) is 3. The zero-order valence-electron chi connectivity index (χ0n) is 14.0. The SMILES string of the molecule is CCc1ccc(N=Cc2ccc(N3CCOCC3)cc2C)cc1. The molecule has 1 aliphatic heterocycles. The van der Waals surface area contributed by atoms with Crippen LogP contribution in [-0.2, 0) is 11.2 Å². The third kappa shape index (κ3) is 3.99. The third-order valence-corrected chi connectivity index (χ3v) is 4.33. The molecule has 0 bridgehead atoms. The van der Waals surface area contributed by atoms with Crippen LogP contribution in [0.2, 0.25) is 0 Å². The Balaban J connectivity index is 1.73. The molecule has 0 saturated carbocycles. The minimum atomic E-state index is 0.815. The molecule has 23 heavy (non-hydrogen) atoms. The summed E-state index contributed by atoms with van der Waals surface area (Å²) in [5.41, 5.74) is 6.04. The molecule has 0 unspecified atom stereocenters. The molecule has 0 atom stereocenters. The van der Waals surface area contributed by atoms with Gasteiger partial charge in [-0.1, -0.05) is 25.1 Å². The lowest BCUT2D eigenvalue weighted by molar-refractivity contribution is 0.122. The van der Waals surface area contributed by atoms with Gasteiger partial charge in [0.05, 0.1) is 18.9 Å². The van der Waals surface area contributed by atoms with E-state index >= 15 is 0 Å². The average molecular weight is 308 g/mol. The van der Waals surface area contributed by atoms with E-state index in [9.17, 15) is 0 Å². The first-order valence-electron chi connectivity index (χ1n) is 8.32. The van der Waals surface area contributed by atoms with Gasteiger partial charge >= 0.3 is 0 Å². The lowest BCUT2D eigenvalue weighted by Crippen LogP contribution is -2.36. The van der Waals surface area contributed by atoms with E-state index in [2.05, 4.69) is 66.2 Å². The molecule has 0 aromatic heterocycles. The van der Waals surface area contributed by atoms with Crippen molar-refractivity contribution in [3.63, 3.8) is 0 Å². The number of hydrogen-bond donors (Lipinski definition) is 0. The van der Waals surface area contributed by atoms with E-state index in [-0.39, 0.29) is 0 Å². The maximum absolute atomic E-state index is 5.42. The van der Waals surface area contributed by atoms with Crippen molar-refractivity contribution in [2.24, 2.45) is 4.99 Å². The fourth-order valence-corrected chi connectivity index (χ4v) is 2.78. The van der Waals surface area contributed by atoms with Crippen LogP contribution >= 0.6 is 0 Å². The second kappa shape index (κ2) is 7.42. The van der Waals surface area contributed by atoms with Crippen LogP contribution in [0.3, 0.4) is 0 Å². The van der Waals surface area contributed by atoms with Gasteiger partial charge in [-0.25, -0.2) is 0 Å². The van der Waals surface area contributed by atoms with Gasteiger partial charge in [0.15, 0.2) is 0 Å². The predicted molar refractivity (Wildman–Crippen MR) is 97.3 cm³/mol. The zero-order valence-corrected chi connectivity index (χ0v) is 14.0. The van der Waals surface area contributed by atoms with Crippen LogP contribution in [0.15, 0.2) is 47.5 Å². The van der Waals surface area contributed by atoms with Gasteiger partial charge < -0.3 is 9.64 Å². The molecule has 3 nitrogen and oxygen atoms in total. The van der Waals surface area contributed by atoms with Crippen LogP contribution in [-0.4, -0.2) is 32.5 Å². The van der Waals surface area contributed by atoms with Crippen molar-refractivity contribution >= 4 is 17.6 Å². The van der Waals surface area contributed by atoms with Crippen molar-refractivity contribution in [3.05, 3.63) is 59.2 Å². The molecular formula is C20H24N2O. The molecule has 3 heteroatoms. The molecule has 3 rings (SSSR count). The highest BCUT2D eigenvalue weighted by Gasteiger charge is 2.11. The van der Waals surface area contributed by atoms with Gasteiger partial charge in [-0.3, -0.25) is 4.99 Å². The molecule has 1 saturated heterocycles. The quantitative estimate of drug-likeness (QED) is 0.793. The van der Waals surface area contributed by atoms with Gasteiger partial charge in [0.25, 0.3) is 0 Å². The Labute approximate surface area is 138 Å². The van der Waals surface area contributed by atoms with Gasteiger partial charge in [-0.15, -0.1) is 0 Å². The Kier molecular flexibility index (Phi) is 5.09. The minimum absolute atomic E-state index is 0.815. The Morgan fingerprint density at radius 3 is 2.48 bits per heavy atom. The fraction of sp³-hybridized carbons (Fsp3) is 0.350. The highest BCUT2D eigenvalue weighted by atomic mass is 16.5. The van der Waals surface area contributed by atoms with Gasteiger partial charge in [0.2, 0.25) is 0 Å². The summed E-state index contributed by atoms with van der Waals surface area (Å²) in [5, 5.41) is 0. The maximum atomic E-state index is 5.42.